The number of benzene rings is 1. The largest absolute Gasteiger partial charge is 0.281 e. The van der Waals surface area contributed by atoms with E-state index in [4.69, 9.17) is 4.84 Å². The van der Waals surface area contributed by atoms with Crippen molar-refractivity contribution in [1.82, 2.24) is 4.89 Å². The van der Waals surface area contributed by atoms with Gasteiger partial charge in [0.05, 0.1) is 10.5 Å². The maximum atomic E-state index is 11.8. The topological polar surface area (TPSA) is 55.4 Å². The average Bonchev–Trinajstić information content (AvgIpc) is 2.14. The Morgan fingerprint density at radius 2 is 1.94 bits per heavy atom. The van der Waals surface area contributed by atoms with E-state index in [2.05, 4.69) is 20.8 Å². The van der Waals surface area contributed by atoms with Gasteiger partial charge in [-0.15, -0.1) is 0 Å². The molecule has 0 spiro atoms. The van der Waals surface area contributed by atoms with Crippen molar-refractivity contribution < 1.29 is 13.3 Å². The van der Waals surface area contributed by atoms with Crippen LogP contribution in [0, 0.1) is 0 Å². The lowest BCUT2D eigenvalue weighted by molar-refractivity contribution is -0.0357. The summed E-state index contributed by atoms with van der Waals surface area (Å²) in [5.74, 6) is 0. The Balaban J connectivity index is 2.87. The number of sulfonamides is 1. The van der Waals surface area contributed by atoms with Gasteiger partial charge >= 0.3 is 0 Å². The standard InChI is InChI=1S/C10H14BrNO3S/c1-10(2,3)15-12-16(13,14)9-6-4-5-8(11)7-9/h4-7,12H,1-3H3. The molecule has 0 aliphatic rings. The smallest absolute Gasteiger partial charge is 0.262 e. The summed E-state index contributed by atoms with van der Waals surface area (Å²) in [6.45, 7) is 5.28. The third-order valence-electron chi connectivity index (χ3n) is 1.56. The van der Waals surface area contributed by atoms with Crippen LogP contribution >= 0.6 is 15.9 Å². The van der Waals surface area contributed by atoms with Gasteiger partial charge in [-0.05, 0) is 39.0 Å². The zero-order valence-electron chi connectivity index (χ0n) is 9.32. The molecule has 0 saturated carbocycles. The van der Waals surface area contributed by atoms with Gasteiger partial charge in [0, 0.05) is 4.47 Å². The van der Waals surface area contributed by atoms with E-state index in [0.717, 1.165) is 0 Å². The maximum absolute atomic E-state index is 11.8. The second-order valence-electron chi connectivity index (χ2n) is 4.26. The summed E-state index contributed by atoms with van der Waals surface area (Å²) in [4.78, 5) is 7.29. The Kier molecular flexibility index (Phi) is 4.12. The highest BCUT2D eigenvalue weighted by Gasteiger charge is 2.19. The van der Waals surface area contributed by atoms with E-state index in [0.29, 0.717) is 4.47 Å². The molecule has 0 radical (unpaired) electrons. The summed E-state index contributed by atoms with van der Waals surface area (Å²) >= 11 is 3.21. The van der Waals surface area contributed by atoms with E-state index in [1.54, 1.807) is 32.9 Å². The third kappa shape index (κ3) is 4.21. The van der Waals surface area contributed by atoms with Crippen LogP contribution in [0.1, 0.15) is 20.8 Å². The molecule has 0 atom stereocenters. The maximum Gasteiger partial charge on any atom is 0.262 e. The Bertz CT molecular complexity index is 465. The van der Waals surface area contributed by atoms with Crippen LogP contribution in [-0.4, -0.2) is 14.0 Å². The molecular formula is C10H14BrNO3S. The first kappa shape index (κ1) is 13.6. The SMILES string of the molecule is CC(C)(C)ONS(=O)(=O)c1cccc(Br)c1. The number of nitrogens with one attached hydrogen (secondary N) is 1. The van der Waals surface area contributed by atoms with E-state index in [-0.39, 0.29) is 4.90 Å². The fourth-order valence-corrected chi connectivity index (χ4v) is 2.41. The second kappa shape index (κ2) is 4.83. The molecule has 0 aromatic heterocycles. The molecule has 1 aromatic rings. The number of rotatable bonds is 3. The van der Waals surface area contributed by atoms with Crippen LogP contribution in [-0.2, 0) is 14.9 Å². The first-order valence-electron chi connectivity index (χ1n) is 4.66. The normalized spacial score (nSPS) is 12.8. The Labute approximate surface area is 104 Å². The molecular weight excluding hydrogens is 294 g/mol. The molecule has 0 unspecified atom stereocenters. The van der Waals surface area contributed by atoms with Crippen molar-refractivity contribution in [2.75, 3.05) is 0 Å². The minimum atomic E-state index is -3.62. The van der Waals surface area contributed by atoms with E-state index < -0.39 is 15.6 Å². The fourth-order valence-electron chi connectivity index (χ4n) is 0.862. The molecule has 0 saturated heterocycles. The van der Waals surface area contributed by atoms with Crippen molar-refractivity contribution in [2.45, 2.75) is 31.3 Å². The van der Waals surface area contributed by atoms with Crippen LogP contribution in [0.15, 0.2) is 33.6 Å². The van der Waals surface area contributed by atoms with Crippen molar-refractivity contribution in [3.63, 3.8) is 0 Å². The molecule has 0 aliphatic carbocycles. The minimum absolute atomic E-state index is 0.158. The van der Waals surface area contributed by atoms with Gasteiger partial charge in [0.2, 0.25) is 0 Å². The zero-order chi connectivity index (χ0) is 12.4. The number of halogens is 1. The summed E-state index contributed by atoms with van der Waals surface area (Å²) in [5.41, 5.74) is -0.570. The van der Waals surface area contributed by atoms with Crippen molar-refractivity contribution in [1.29, 1.82) is 0 Å². The van der Waals surface area contributed by atoms with Crippen molar-refractivity contribution in [3.05, 3.63) is 28.7 Å². The van der Waals surface area contributed by atoms with Crippen LogP contribution in [0.3, 0.4) is 0 Å². The monoisotopic (exact) mass is 307 g/mol. The van der Waals surface area contributed by atoms with Gasteiger partial charge in [0.25, 0.3) is 10.0 Å². The highest BCUT2D eigenvalue weighted by atomic mass is 79.9. The van der Waals surface area contributed by atoms with Crippen molar-refractivity contribution >= 4 is 26.0 Å². The molecule has 1 N–H and O–H groups in total. The lowest BCUT2D eigenvalue weighted by Gasteiger charge is -2.19. The minimum Gasteiger partial charge on any atom is -0.281 e. The predicted octanol–water partition coefficient (Wildman–Crippen LogP) is 2.46. The predicted molar refractivity (Wildman–Crippen MR) is 65.3 cm³/mol. The Hall–Kier alpha value is -0.430. The highest BCUT2D eigenvalue weighted by Crippen LogP contribution is 2.16. The molecule has 0 heterocycles. The second-order valence-corrected chi connectivity index (χ2v) is 6.82. The average molecular weight is 308 g/mol. The van der Waals surface area contributed by atoms with Crippen molar-refractivity contribution in [2.24, 2.45) is 0 Å². The molecule has 90 valence electrons. The molecule has 0 amide bonds. The van der Waals surface area contributed by atoms with Crippen LogP contribution in [0.5, 0.6) is 0 Å². The van der Waals surface area contributed by atoms with Crippen LogP contribution in [0.2, 0.25) is 0 Å². The summed E-state index contributed by atoms with van der Waals surface area (Å²) in [6, 6.07) is 6.41. The zero-order valence-corrected chi connectivity index (χ0v) is 11.7. The molecule has 1 aromatic carbocycles. The van der Waals surface area contributed by atoms with Gasteiger partial charge in [-0.2, -0.15) is 0 Å². The van der Waals surface area contributed by atoms with Gasteiger partial charge in [-0.3, -0.25) is 4.84 Å². The van der Waals surface area contributed by atoms with E-state index in [9.17, 15) is 8.42 Å². The van der Waals surface area contributed by atoms with E-state index in [1.807, 2.05) is 0 Å². The van der Waals surface area contributed by atoms with Gasteiger partial charge in [-0.25, -0.2) is 8.42 Å². The molecule has 0 fully saturated rings. The molecule has 16 heavy (non-hydrogen) atoms. The summed E-state index contributed by atoms with van der Waals surface area (Å²) in [6.07, 6.45) is 0. The summed E-state index contributed by atoms with van der Waals surface area (Å²) in [7, 11) is -3.62. The Morgan fingerprint density at radius 3 is 2.44 bits per heavy atom. The van der Waals surface area contributed by atoms with Crippen LogP contribution in [0.25, 0.3) is 0 Å². The van der Waals surface area contributed by atoms with Gasteiger partial charge in [0.15, 0.2) is 0 Å². The van der Waals surface area contributed by atoms with Gasteiger partial charge < -0.3 is 0 Å². The molecule has 0 bridgehead atoms. The van der Waals surface area contributed by atoms with Crippen LogP contribution < -0.4 is 4.89 Å². The molecule has 1 rings (SSSR count). The third-order valence-corrected chi connectivity index (χ3v) is 3.23. The first-order valence-corrected chi connectivity index (χ1v) is 6.94. The molecule has 6 heteroatoms. The van der Waals surface area contributed by atoms with Crippen molar-refractivity contribution in [3.8, 4) is 0 Å². The lowest BCUT2D eigenvalue weighted by Crippen LogP contribution is -2.33. The number of hydrogen-bond acceptors (Lipinski definition) is 3. The van der Waals surface area contributed by atoms with E-state index >= 15 is 0 Å². The lowest BCUT2D eigenvalue weighted by atomic mass is 10.2. The Morgan fingerprint density at radius 1 is 1.31 bits per heavy atom. The van der Waals surface area contributed by atoms with E-state index in [1.165, 1.54) is 12.1 Å². The summed E-state index contributed by atoms with van der Waals surface area (Å²) in [5, 5.41) is 0. The molecule has 4 nitrogen and oxygen atoms in total. The first-order chi connectivity index (χ1) is 7.21. The van der Waals surface area contributed by atoms with Gasteiger partial charge in [0.1, 0.15) is 0 Å². The highest BCUT2D eigenvalue weighted by molar-refractivity contribution is 9.10. The summed E-state index contributed by atoms with van der Waals surface area (Å²) < 4.78 is 24.2. The van der Waals surface area contributed by atoms with Crippen LogP contribution in [0.4, 0.5) is 0 Å². The molecule has 0 aliphatic heterocycles. The van der Waals surface area contributed by atoms with Gasteiger partial charge in [-0.1, -0.05) is 26.9 Å². The quantitative estimate of drug-likeness (QED) is 0.873. The fraction of sp³-hybridized carbons (Fsp3) is 0.400. The number of hydrogen-bond donors (Lipinski definition) is 1.